The average molecular weight is 254 g/mol. The first-order valence-electron chi connectivity index (χ1n) is 5.92. The fourth-order valence-corrected chi connectivity index (χ4v) is 1.59. The molecule has 0 radical (unpaired) electrons. The number of aromatic nitrogens is 3. The third kappa shape index (κ3) is 3.39. The molecule has 0 aromatic carbocycles. The minimum atomic E-state index is 0.428. The molecule has 0 atom stereocenters. The van der Waals surface area contributed by atoms with Gasteiger partial charge in [-0.3, -0.25) is 4.98 Å². The Morgan fingerprint density at radius 1 is 1.32 bits per heavy atom. The van der Waals surface area contributed by atoms with Gasteiger partial charge in [0, 0.05) is 31.9 Å². The molecule has 2 heterocycles. The van der Waals surface area contributed by atoms with Crippen LogP contribution >= 0.6 is 0 Å². The standard InChI is InChI=1S/C13H14N6/c1-15-12-10(8-14)9-18-13(19-12)17-7-5-11-4-2-3-6-16-11/h2-4,6,9H,5,7H2,1H3,(H2,15,17,18,19). The second kappa shape index (κ2) is 6.31. The molecule has 0 aliphatic carbocycles. The van der Waals surface area contributed by atoms with E-state index in [1.54, 1.807) is 13.2 Å². The van der Waals surface area contributed by atoms with Gasteiger partial charge in [-0.1, -0.05) is 6.07 Å². The van der Waals surface area contributed by atoms with Crippen LogP contribution in [0, 0.1) is 11.3 Å². The van der Waals surface area contributed by atoms with Gasteiger partial charge in [0.2, 0.25) is 5.95 Å². The van der Waals surface area contributed by atoms with Crippen molar-refractivity contribution in [1.29, 1.82) is 5.26 Å². The van der Waals surface area contributed by atoms with E-state index < -0.39 is 0 Å². The summed E-state index contributed by atoms with van der Waals surface area (Å²) in [4.78, 5) is 12.5. The lowest BCUT2D eigenvalue weighted by atomic mass is 10.3. The number of rotatable bonds is 5. The summed E-state index contributed by atoms with van der Waals surface area (Å²) in [5.41, 5.74) is 1.44. The van der Waals surface area contributed by atoms with Gasteiger partial charge < -0.3 is 10.6 Å². The molecule has 6 nitrogen and oxygen atoms in total. The van der Waals surface area contributed by atoms with E-state index in [9.17, 15) is 0 Å². The highest BCUT2D eigenvalue weighted by Crippen LogP contribution is 2.11. The SMILES string of the molecule is CNc1nc(NCCc2ccccn2)ncc1C#N. The minimum absolute atomic E-state index is 0.428. The molecule has 0 spiro atoms. The molecular formula is C13H14N6. The van der Waals surface area contributed by atoms with Crippen LogP contribution in [-0.2, 0) is 6.42 Å². The normalized spacial score (nSPS) is 9.68. The van der Waals surface area contributed by atoms with Crippen LogP contribution in [0.5, 0.6) is 0 Å². The molecule has 19 heavy (non-hydrogen) atoms. The van der Waals surface area contributed by atoms with E-state index in [0.29, 0.717) is 23.9 Å². The maximum Gasteiger partial charge on any atom is 0.224 e. The number of anilines is 2. The second-order valence-corrected chi connectivity index (χ2v) is 3.82. The van der Waals surface area contributed by atoms with Crippen molar-refractivity contribution in [3.05, 3.63) is 41.9 Å². The molecule has 2 rings (SSSR count). The molecule has 0 saturated heterocycles. The van der Waals surface area contributed by atoms with Crippen LogP contribution in [0.3, 0.4) is 0 Å². The number of nitriles is 1. The number of pyridine rings is 1. The van der Waals surface area contributed by atoms with Gasteiger partial charge in [-0.05, 0) is 12.1 Å². The zero-order valence-electron chi connectivity index (χ0n) is 10.6. The van der Waals surface area contributed by atoms with Crippen molar-refractivity contribution < 1.29 is 0 Å². The largest absolute Gasteiger partial charge is 0.372 e. The molecule has 2 N–H and O–H groups in total. The van der Waals surface area contributed by atoms with Crippen LogP contribution in [0.2, 0.25) is 0 Å². The van der Waals surface area contributed by atoms with Crippen molar-refractivity contribution in [1.82, 2.24) is 15.0 Å². The Balaban J connectivity index is 1.95. The maximum absolute atomic E-state index is 8.87. The third-order valence-corrected chi connectivity index (χ3v) is 2.54. The summed E-state index contributed by atoms with van der Waals surface area (Å²) in [5, 5.41) is 14.8. The molecule has 0 unspecified atom stereocenters. The van der Waals surface area contributed by atoms with Gasteiger partial charge >= 0.3 is 0 Å². The minimum Gasteiger partial charge on any atom is -0.372 e. The quantitative estimate of drug-likeness (QED) is 0.839. The van der Waals surface area contributed by atoms with E-state index in [1.807, 2.05) is 24.3 Å². The van der Waals surface area contributed by atoms with Crippen molar-refractivity contribution in [3.63, 3.8) is 0 Å². The number of nitrogens with one attached hydrogen (secondary N) is 2. The first kappa shape index (κ1) is 12.8. The van der Waals surface area contributed by atoms with Crippen molar-refractivity contribution in [2.45, 2.75) is 6.42 Å². The van der Waals surface area contributed by atoms with Crippen LogP contribution in [-0.4, -0.2) is 28.5 Å². The topological polar surface area (TPSA) is 86.5 Å². The smallest absolute Gasteiger partial charge is 0.224 e. The molecule has 0 bridgehead atoms. The Labute approximate surface area is 111 Å². The Kier molecular flexibility index (Phi) is 4.24. The predicted octanol–water partition coefficient (Wildman–Crippen LogP) is 1.44. The van der Waals surface area contributed by atoms with Crippen molar-refractivity contribution in [3.8, 4) is 6.07 Å². The molecule has 0 amide bonds. The lowest BCUT2D eigenvalue weighted by Crippen LogP contribution is -2.10. The summed E-state index contributed by atoms with van der Waals surface area (Å²) in [6.45, 7) is 0.687. The molecule has 96 valence electrons. The second-order valence-electron chi connectivity index (χ2n) is 3.82. The zero-order valence-corrected chi connectivity index (χ0v) is 10.6. The fourth-order valence-electron chi connectivity index (χ4n) is 1.59. The summed E-state index contributed by atoms with van der Waals surface area (Å²) in [6.07, 6.45) is 4.06. The lowest BCUT2D eigenvalue weighted by Gasteiger charge is -2.07. The van der Waals surface area contributed by atoms with E-state index in [4.69, 9.17) is 5.26 Å². The first-order chi connectivity index (χ1) is 9.33. The van der Waals surface area contributed by atoms with E-state index in [-0.39, 0.29) is 0 Å². The summed E-state index contributed by atoms with van der Waals surface area (Å²) in [7, 11) is 1.72. The van der Waals surface area contributed by atoms with Crippen molar-refractivity contribution in [2.75, 3.05) is 24.2 Å². The van der Waals surface area contributed by atoms with Gasteiger partial charge in [0.05, 0.1) is 6.20 Å². The Hall–Kier alpha value is -2.68. The van der Waals surface area contributed by atoms with Crippen molar-refractivity contribution >= 4 is 11.8 Å². The monoisotopic (exact) mass is 254 g/mol. The van der Waals surface area contributed by atoms with Crippen LogP contribution < -0.4 is 10.6 Å². The highest BCUT2D eigenvalue weighted by atomic mass is 15.1. The molecule has 2 aromatic heterocycles. The molecule has 0 saturated carbocycles. The highest BCUT2D eigenvalue weighted by molar-refractivity contribution is 5.52. The third-order valence-electron chi connectivity index (χ3n) is 2.54. The maximum atomic E-state index is 8.87. The van der Waals surface area contributed by atoms with Gasteiger partial charge in [-0.15, -0.1) is 0 Å². The molecule has 0 aliphatic rings. The van der Waals surface area contributed by atoms with Gasteiger partial charge in [0.25, 0.3) is 0 Å². The summed E-state index contributed by atoms with van der Waals surface area (Å²) < 4.78 is 0. The highest BCUT2D eigenvalue weighted by Gasteiger charge is 2.04. The van der Waals surface area contributed by atoms with Crippen LogP contribution in [0.15, 0.2) is 30.6 Å². The van der Waals surface area contributed by atoms with Crippen LogP contribution in [0.1, 0.15) is 11.3 Å². The van der Waals surface area contributed by atoms with Gasteiger partial charge in [-0.25, -0.2) is 4.98 Å². The molecule has 6 heteroatoms. The van der Waals surface area contributed by atoms with Gasteiger partial charge in [-0.2, -0.15) is 10.2 Å². The summed E-state index contributed by atoms with van der Waals surface area (Å²) >= 11 is 0. The summed E-state index contributed by atoms with van der Waals surface area (Å²) in [5.74, 6) is 1.03. The Bertz CT molecular complexity index is 575. The zero-order chi connectivity index (χ0) is 13.5. The predicted molar refractivity (Wildman–Crippen MR) is 72.7 cm³/mol. The number of hydrogen-bond donors (Lipinski definition) is 2. The number of hydrogen-bond acceptors (Lipinski definition) is 6. The lowest BCUT2D eigenvalue weighted by molar-refractivity contribution is 0.941. The van der Waals surface area contributed by atoms with Crippen LogP contribution in [0.4, 0.5) is 11.8 Å². The van der Waals surface area contributed by atoms with Crippen LogP contribution in [0.25, 0.3) is 0 Å². The van der Waals surface area contributed by atoms with E-state index in [1.165, 1.54) is 6.20 Å². The van der Waals surface area contributed by atoms with E-state index in [2.05, 4.69) is 25.6 Å². The van der Waals surface area contributed by atoms with Crippen molar-refractivity contribution in [2.24, 2.45) is 0 Å². The summed E-state index contributed by atoms with van der Waals surface area (Å²) in [6, 6.07) is 7.85. The molecular weight excluding hydrogens is 240 g/mol. The van der Waals surface area contributed by atoms with Gasteiger partial charge in [0.1, 0.15) is 17.5 Å². The van der Waals surface area contributed by atoms with E-state index in [0.717, 1.165) is 12.1 Å². The Morgan fingerprint density at radius 3 is 2.89 bits per heavy atom. The number of nitrogens with zero attached hydrogens (tertiary/aromatic N) is 4. The van der Waals surface area contributed by atoms with E-state index >= 15 is 0 Å². The fraction of sp³-hybridized carbons (Fsp3) is 0.231. The molecule has 0 aliphatic heterocycles. The van der Waals surface area contributed by atoms with Gasteiger partial charge in [0.15, 0.2) is 0 Å². The average Bonchev–Trinajstić information content (AvgIpc) is 2.48. The molecule has 0 fully saturated rings. The Morgan fingerprint density at radius 2 is 2.21 bits per heavy atom. The first-order valence-corrected chi connectivity index (χ1v) is 5.92. The molecule has 2 aromatic rings.